The van der Waals surface area contributed by atoms with Gasteiger partial charge in [0.25, 0.3) is 11.8 Å². The SMILES string of the molecule is CCCC(=O)Nc1ccc2c(c1)C(=O)N(C)C[C@@H](OC)[C@H](C)CN(C(=O)c1cnccn1)[C@@H](C)CO2. The van der Waals surface area contributed by atoms with Crippen molar-refractivity contribution >= 4 is 23.4 Å². The van der Waals surface area contributed by atoms with Crippen molar-refractivity contribution in [1.82, 2.24) is 19.8 Å². The van der Waals surface area contributed by atoms with Crippen LogP contribution in [0.1, 0.15) is 54.5 Å². The van der Waals surface area contributed by atoms with E-state index in [1.807, 2.05) is 20.8 Å². The van der Waals surface area contributed by atoms with Gasteiger partial charge in [0.05, 0.1) is 23.9 Å². The highest BCUT2D eigenvalue weighted by Gasteiger charge is 2.31. The molecule has 1 aliphatic heterocycles. The lowest BCUT2D eigenvalue weighted by molar-refractivity contribution is -0.116. The van der Waals surface area contributed by atoms with Crippen LogP contribution in [0.15, 0.2) is 36.8 Å². The largest absolute Gasteiger partial charge is 0.491 e. The first-order valence-corrected chi connectivity index (χ1v) is 12.2. The number of nitrogens with one attached hydrogen (secondary N) is 1. The summed E-state index contributed by atoms with van der Waals surface area (Å²) in [7, 11) is 3.30. The second-order valence-corrected chi connectivity index (χ2v) is 9.15. The van der Waals surface area contributed by atoms with Crippen molar-refractivity contribution in [1.29, 1.82) is 0 Å². The lowest BCUT2D eigenvalue weighted by Crippen LogP contribution is -2.48. The third kappa shape index (κ3) is 6.57. The second-order valence-electron chi connectivity index (χ2n) is 9.15. The van der Waals surface area contributed by atoms with E-state index in [2.05, 4.69) is 15.3 Å². The van der Waals surface area contributed by atoms with Crippen LogP contribution in [0.4, 0.5) is 5.69 Å². The molecule has 1 aliphatic rings. The monoisotopic (exact) mass is 497 g/mol. The standard InChI is InChI=1S/C26H35N5O5/c1-6-7-24(32)29-19-8-9-22-20(12-19)25(33)30(4)15-23(35-5)17(2)14-31(18(3)16-36-22)26(34)21-13-27-10-11-28-21/h8-13,17-18,23H,6-7,14-16H2,1-5H3,(H,29,32)/t17-,18+,23-/m1/s1. The van der Waals surface area contributed by atoms with E-state index >= 15 is 0 Å². The molecule has 10 heteroatoms. The fourth-order valence-corrected chi connectivity index (χ4v) is 4.14. The van der Waals surface area contributed by atoms with Gasteiger partial charge in [0.15, 0.2) is 0 Å². The van der Waals surface area contributed by atoms with Gasteiger partial charge >= 0.3 is 0 Å². The van der Waals surface area contributed by atoms with Gasteiger partial charge in [-0.05, 0) is 31.5 Å². The van der Waals surface area contributed by atoms with E-state index < -0.39 is 0 Å². The van der Waals surface area contributed by atoms with Crippen molar-refractivity contribution < 1.29 is 23.9 Å². The van der Waals surface area contributed by atoms with Crippen LogP contribution >= 0.6 is 0 Å². The van der Waals surface area contributed by atoms with E-state index in [1.54, 1.807) is 42.2 Å². The first-order valence-electron chi connectivity index (χ1n) is 12.2. The fourth-order valence-electron chi connectivity index (χ4n) is 4.14. The molecule has 0 unspecified atom stereocenters. The van der Waals surface area contributed by atoms with Crippen LogP contribution in [-0.2, 0) is 9.53 Å². The topological polar surface area (TPSA) is 114 Å². The number of likely N-dealkylation sites (N-methyl/N-ethyl adjacent to an activating group) is 1. The Morgan fingerprint density at radius 2 is 2.00 bits per heavy atom. The maximum atomic E-state index is 13.4. The van der Waals surface area contributed by atoms with Crippen LogP contribution < -0.4 is 10.1 Å². The highest BCUT2D eigenvalue weighted by Crippen LogP contribution is 2.27. The molecule has 0 aliphatic carbocycles. The van der Waals surface area contributed by atoms with E-state index in [9.17, 15) is 14.4 Å². The van der Waals surface area contributed by atoms with Crippen molar-refractivity contribution in [2.24, 2.45) is 5.92 Å². The number of rotatable bonds is 5. The van der Waals surface area contributed by atoms with Gasteiger partial charge in [-0.15, -0.1) is 0 Å². The Kier molecular flexibility index (Phi) is 9.35. The Labute approximate surface area is 212 Å². The highest BCUT2D eigenvalue weighted by molar-refractivity contribution is 5.99. The van der Waals surface area contributed by atoms with Gasteiger partial charge in [0.2, 0.25) is 5.91 Å². The molecular weight excluding hydrogens is 462 g/mol. The zero-order chi connectivity index (χ0) is 26.2. The van der Waals surface area contributed by atoms with Crippen molar-refractivity contribution in [2.45, 2.75) is 45.8 Å². The van der Waals surface area contributed by atoms with Crippen molar-refractivity contribution in [3.8, 4) is 5.75 Å². The number of fused-ring (bicyclic) bond motifs is 1. The minimum absolute atomic E-state index is 0.0908. The number of aromatic nitrogens is 2. The summed E-state index contributed by atoms with van der Waals surface area (Å²) in [5.74, 6) is -0.330. The third-order valence-electron chi connectivity index (χ3n) is 6.25. The minimum Gasteiger partial charge on any atom is -0.491 e. The summed E-state index contributed by atoms with van der Waals surface area (Å²) in [4.78, 5) is 50.4. The molecule has 3 rings (SSSR count). The number of hydrogen-bond acceptors (Lipinski definition) is 7. The summed E-state index contributed by atoms with van der Waals surface area (Å²) < 4.78 is 11.8. The van der Waals surface area contributed by atoms with E-state index in [-0.39, 0.29) is 48.1 Å². The molecule has 36 heavy (non-hydrogen) atoms. The third-order valence-corrected chi connectivity index (χ3v) is 6.25. The summed E-state index contributed by atoms with van der Waals surface area (Å²) in [6, 6.07) is 4.68. The Morgan fingerprint density at radius 1 is 1.22 bits per heavy atom. The summed E-state index contributed by atoms with van der Waals surface area (Å²) in [6.07, 6.45) is 5.24. The predicted octanol–water partition coefficient (Wildman–Crippen LogP) is 2.86. The molecule has 0 bridgehead atoms. The lowest BCUT2D eigenvalue weighted by Gasteiger charge is -2.35. The van der Waals surface area contributed by atoms with Crippen LogP contribution in [0.5, 0.6) is 5.75 Å². The molecule has 0 spiro atoms. The molecule has 1 aromatic heterocycles. The molecule has 1 N–H and O–H groups in total. The van der Waals surface area contributed by atoms with E-state index in [4.69, 9.17) is 9.47 Å². The van der Waals surface area contributed by atoms with Crippen LogP contribution in [0.3, 0.4) is 0 Å². The molecule has 0 fully saturated rings. The lowest BCUT2D eigenvalue weighted by atomic mass is 10.0. The highest BCUT2D eigenvalue weighted by atomic mass is 16.5. The molecule has 194 valence electrons. The van der Waals surface area contributed by atoms with E-state index in [0.29, 0.717) is 36.5 Å². The summed E-state index contributed by atoms with van der Waals surface area (Å²) in [6.45, 7) is 6.65. The van der Waals surface area contributed by atoms with Gasteiger partial charge in [0, 0.05) is 57.7 Å². The molecule has 0 saturated heterocycles. The number of ether oxygens (including phenoxy) is 2. The quantitative estimate of drug-likeness (QED) is 0.676. The first-order chi connectivity index (χ1) is 17.2. The molecule has 1 aromatic carbocycles. The number of methoxy groups -OCH3 is 1. The Bertz CT molecular complexity index is 1060. The number of anilines is 1. The van der Waals surface area contributed by atoms with Gasteiger partial charge < -0.3 is 24.6 Å². The van der Waals surface area contributed by atoms with E-state index in [0.717, 1.165) is 6.42 Å². The van der Waals surface area contributed by atoms with Crippen molar-refractivity contribution in [2.75, 3.05) is 39.2 Å². The van der Waals surface area contributed by atoms with Crippen LogP contribution in [0.2, 0.25) is 0 Å². The Hall–Kier alpha value is -3.53. The van der Waals surface area contributed by atoms with Crippen LogP contribution in [0.25, 0.3) is 0 Å². The number of nitrogens with zero attached hydrogens (tertiary/aromatic N) is 4. The average Bonchev–Trinajstić information content (AvgIpc) is 2.88. The molecule has 2 aromatic rings. The van der Waals surface area contributed by atoms with Crippen LogP contribution in [-0.4, -0.2) is 83.5 Å². The number of benzene rings is 1. The molecule has 0 radical (unpaired) electrons. The molecule has 10 nitrogen and oxygen atoms in total. The molecule has 0 saturated carbocycles. The smallest absolute Gasteiger partial charge is 0.274 e. The summed E-state index contributed by atoms with van der Waals surface area (Å²) in [5, 5.41) is 2.83. The second kappa shape index (κ2) is 12.4. The van der Waals surface area contributed by atoms with Crippen molar-refractivity contribution in [3.63, 3.8) is 0 Å². The predicted molar refractivity (Wildman–Crippen MR) is 135 cm³/mol. The first kappa shape index (κ1) is 27.1. The average molecular weight is 498 g/mol. The zero-order valence-corrected chi connectivity index (χ0v) is 21.6. The number of carbonyl (C=O) groups excluding carboxylic acids is 3. The zero-order valence-electron chi connectivity index (χ0n) is 21.6. The number of amides is 3. The fraction of sp³-hybridized carbons (Fsp3) is 0.500. The minimum atomic E-state index is -0.330. The maximum absolute atomic E-state index is 13.4. The Morgan fingerprint density at radius 3 is 2.67 bits per heavy atom. The van der Waals surface area contributed by atoms with Gasteiger partial charge in [0.1, 0.15) is 18.1 Å². The number of carbonyl (C=O) groups is 3. The molecule has 2 heterocycles. The molecular formula is C26H35N5O5. The van der Waals surface area contributed by atoms with Crippen molar-refractivity contribution in [3.05, 3.63) is 48.0 Å². The normalized spacial score (nSPS) is 21.0. The summed E-state index contributed by atoms with van der Waals surface area (Å²) in [5.41, 5.74) is 1.10. The Balaban J connectivity index is 1.96. The van der Waals surface area contributed by atoms with Gasteiger partial charge in [-0.1, -0.05) is 13.8 Å². The molecule has 3 amide bonds. The van der Waals surface area contributed by atoms with Crippen LogP contribution in [0, 0.1) is 5.92 Å². The van der Waals surface area contributed by atoms with E-state index in [1.165, 1.54) is 18.6 Å². The van der Waals surface area contributed by atoms with Gasteiger partial charge in [-0.3, -0.25) is 19.4 Å². The summed E-state index contributed by atoms with van der Waals surface area (Å²) >= 11 is 0. The molecule has 3 atom stereocenters. The van der Waals surface area contributed by atoms with Gasteiger partial charge in [-0.25, -0.2) is 4.98 Å². The van der Waals surface area contributed by atoms with Gasteiger partial charge in [-0.2, -0.15) is 0 Å². The maximum Gasteiger partial charge on any atom is 0.274 e. The number of hydrogen-bond donors (Lipinski definition) is 1.